The molecule has 47 heavy (non-hydrogen) atoms. The number of aromatic nitrogens is 1. The number of rotatable bonds is 11. The Bertz CT molecular complexity index is 1920. The van der Waals surface area contributed by atoms with Gasteiger partial charge in [-0.3, -0.25) is 13.6 Å². The molecule has 0 amide bonds. The molecule has 3 heterocycles. The van der Waals surface area contributed by atoms with Crippen molar-refractivity contribution < 1.29 is 18.5 Å². The summed E-state index contributed by atoms with van der Waals surface area (Å²) in [4.78, 5) is 21.4. The number of halogens is 2. The van der Waals surface area contributed by atoms with E-state index < -0.39 is 18.9 Å². The van der Waals surface area contributed by atoms with Gasteiger partial charge in [0.05, 0.1) is 17.1 Å². The molecule has 0 spiro atoms. The van der Waals surface area contributed by atoms with Gasteiger partial charge < -0.3 is 14.5 Å². The molecule has 3 aromatic rings. The molecule has 10 heteroatoms. The van der Waals surface area contributed by atoms with Crippen molar-refractivity contribution in [1.82, 2.24) is 4.48 Å². The average Bonchev–Trinajstić information content (AvgIpc) is 3.47. The predicted molar refractivity (Wildman–Crippen MR) is 190 cm³/mol. The van der Waals surface area contributed by atoms with Gasteiger partial charge in [-0.25, -0.2) is 4.79 Å². The Morgan fingerprint density at radius 1 is 1.04 bits per heavy atom. The summed E-state index contributed by atoms with van der Waals surface area (Å²) in [5.74, 6) is -1.40. The number of benzene rings is 2. The Hall–Kier alpha value is -4.36. The van der Waals surface area contributed by atoms with Crippen molar-refractivity contribution in [3.8, 4) is 6.07 Å². The summed E-state index contributed by atoms with van der Waals surface area (Å²) in [6, 6.07) is 16.6. The lowest BCUT2D eigenvalue weighted by atomic mass is 9.92. The zero-order chi connectivity index (χ0) is 34.0. The Balaban J connectivity index is 1.70. The van der Waals surface area contributed by atoms with Crippen molar-refractivity contribution in [1.29, 1.82) is 5.26 Å². The van der Waals surface area contributed by atoms with Gasteiger partial charge in [-0.05, 0) is 99.6 Å². The van der Waals surface area contributed by atoms with Crippen LogP contribution in [0.3, 0.4) is 0 Å². The third-order valence-electron chi connectivity index (χ3n) is 8.92. The summed E-state index contributed by atoms with van der Waals surface area (Å²) in [5, 5.41) is 18.9. The minimum Gasteiger partial charge on any atom is -0.477 e. The van der Waals surface area contributed by atoms with Crippen LogP contribution in [-0.4, -0.2) is 35.2 Å². The molecule has 0 fully saturated rings. The molecule has 6 nitrogen and oxygen atoms in total. The summed E-state index contributed by atoms with van der Waals surface area (Å²) in [6.07, 6.45) is 5.40. The van der Waals surface area contributed by atoms with Crippen molar-refractivity contribution in [2.75, 3.05) is 11.4 Å². The van der Waals surface area contributed by atoms with Gasteiger partial charge >= 0.3 is 13.4 Å². The number of anilines is 2. The first-order chi connectivity index (χ1) is 22.5. The molecule has 0 atom stereocenters. The monoisotopic (exact) mass is 652 g/mol. The van der Waals surface area contributed by atoms with Gasteiger partial charge in [0.25, 0.3) is 0 Å². The Labute approximate surface area is 280 Å². The smallest absolute Gasteiger partial charge is 0.477 e. The van der Waals surface area contributed by atoms with Gasteiger partial charge in [0, 0.05) is 44.6 Å². The second kappa shape index (κ2) is 14.2. The lowest BCUT2D eigenvalue weighted by Gasteiger charge is -2.33. The van der Waals surface area contributed by atoms with E-state index in [4.69, 9.17) is 4.99 Å². The van der Waals surface area contributed by atoms with Crippen molar-refractivity contribution in [2.24, 2.45) is 4.99 Å². The highest BCUT2D eigenvalue weighted by atomic mass is 32.2. The Morgan fingerprint density at radius 2 is 1.77 bits per heavy atom. The van der Waals surface area contributed by atoms with Crippen molar-refractivity contribution >= 4 is 59.4 Å². The van der Waals surface area contributed by atoms with E-state index in [9.17, 15) is 23.8 Å². The Kier molecular flexibility index (Phi) is 10.3. The number of fused-ring (bicyclic) bond motifs is 2. The molecule has 0 unspecified atom stereocenters. The molecule has 2 aliphatic heterocycles. The number of carboxylic acids is 1. The molecule has 242 valence electrons. The first-order valence-electron chi connectivity index (χ1n) is 16.1. The van der Waals surface area contributed by atoms with Gasteiger partial charge in [0.1, 0.15) is 11.6 Å². The zero-order valence-electron chi connectivity index (χ0n) is 27.7. The van der Waals surface area contributed by atoms with Crippen molar-refractivity contribution in [3.05, 3.63) is 87.4 Å². The van der Waals surface area contributed by atoms with E-state index in [0.29, 0.717) is 34.5 Å². The number of aliphatic carboxylic acids is 1. The van der Waals surface area contributed by atoms with E-state index in [-0.39, 0.29) is 5.69 Å². The minimum atomic E-state index is -2.87. The highest BCUT2D eigenvalue weighted by Crippen LogP contribution is 2.50. The number of carbonyl (C=O) groups is 1. The van der Waals surface area contributed by atoms with Gasteiger partial charge in [-0.2, -0.15) is 5.26 Å². The number of carboxylic acid groups (broad SMARTS) is 1. The van der Waals surface area contributed by atoms with Crippen LogP contribution in [0.1, 0.15) is 87.9 Å². The topological polar surface area (TPSA) is 81.6 Å². The van der Waals surface area contributed by atoms with Crippen LogP contribution in [0.4, 0.5) is 20.0 Å². The second-order valence-electron chi connectivity index (χ2n) is 12.0. The van der Waals surface area contributed by atoms with Gasteiger partial charge in [-0.1, -0.05) is 56.7 Å². The summed E-state index contributed by atoms with van der Waals surface area (Å²) in [6.45, 7) is 12.4. The van der Waals surface area contributed by atoms with E-state index in [2.05, 4.69) is 61.2 Å². The molecule has 2 aromatic carbocycles. The predicted octanol–water partition coefficient (Wildman–Crippen LogP) is 10.1. The van der Waals surface area contributed by atoms with Crippen LogP contribution in [0.5, 0.6) is 0 Å². The van der Waals surface area contributed by atoms with E-state index in [1.165, 1.54) is 22.3 Å². The fourth-order valence-corrected chi connectivity index (χ4v) is 7.90. The standard InChI is InChI=1S/C37H39BF2N4O2S/c1-7-9-10-13-28(36-22(3)29(19-27(21-41)37(45)46)25(6)44(36)38(39)40)35-23(4)34(24(5)42-35)26-16-17-31-33(20-26)47-32-15-12-11-14-30(32)43(31)18-8-2/h11-12,14-17,19-20H,7-10,13,18H2,1-6H3,(H,45,46)/b27-19+,35-28-. The first-order valence-corrected chi connectivity index (χ1v) is 16.9. The normalized spacial score (nSPS) is 15.3. The minimum absolute atomic E-state index is 0.208. The molecule has 0 bridgehead atoms. The summed E-state index contributed by atoms with van der Waals surface area (Å²) >= 11 is 1.75. The Morgan fingerprint density at radius 3 is 2.43 bits per heavy atom. The highest BCUT2D eigenvalue weighted by Gasteiger charge is 2.33. The first kappa shape index (κ1) is 34.0. The van der Waals surface area contributed by atoms with E-state index in [1.54, 1.807) is 31.7 Å². The number of hydrogen-bond acceptors (Lipinski definition) is 5. The number of unbranched alkanes of at least 4 members (excludes halogenated alkanes) is 2. The summed E-state index contributed by atoms with van der Waals surface area (Å²) < 4.78 is 30.7. The van der Waals surface area contributed by atoms with Gasteiger partial charge in [0.2, 0.25) is 0 Å². The number of aliphatic imine (C=N–C) groups is 1. The van der Waals surface area contributed by atoms with Crippen LogP contribution in [0, 0.1) is 25.2 Å². The van der Waals surface area contributed by atoms with Crippen molar-refractivity contribution in [2.45, 2.75) is 83.4 Å². The maximum Gasteiger partial charge on any atom is 0.677 e. The molecule has 0 saturated heterocycles. The summed E-state index contributed by atoms with van der Waals surface area (Å²) in [5.41, 5.74) is 8.36. The largest absolute Gasteiger partial charge is 0.677 e. The lowest BCUT2D eigenvalue weighted by molar-refractivity contribution is -0.132. The third kappa shape index (κ3) is 6.34. The molecule has 0 radical (unpaired) electrons. The molecule has 1 aromatic heterocycles. The van der Waals surface area contributed by atoms with E-state index in [1.807, 2.05) is 13.8 Å². The molecule has 5 rings (SSSR count). The fraction of sp³-hybridized carbons (Fsp3) is 0.324. The van der Waals surface area contributed by atoms with Crippen LogP contribution >= 0.6 is 11.8 Å². The van der Waals surface area contributed by atoms with Gasteiger partial charge in [0.15, 0.2) is 0 Å². The van der Waals surface area contributed by atoms with Gasteiger partial charge in [-0.15, -0.1) is 0 Å². The average molecular weight is 653 g/mol. The number of para-hydroxylation sites is 1. The highest BCUT2D eigenvalue weighted by molar-refractivity contribution is 7.99. The number of nitriles is 1. The molecule has 2 aliphatic rings. The maximum atomic E-state index is 14.8. The molecule has 0 saturated carbocycles. The quantitative estimate of drug-likeness (QED) is 0.0965. The van der Waals surface area contributed by atoms with Crippen LogP contribution in [0.25, 0.3) is 17.2 Å². The summed E-state index contributed by atoms with van der Waals surface area (Å²) in [7, 11) is -2.87. The number of nitrogens with zero attached hydrogens (tertiary/aromatic N) is 4. The van der Waals surface area contributed by atoms with Crippen molar-refractivity contribution in [3.63, 3.8) is 0 Å². The molecule has 1 N–H and O–H groups in total. The lowest BCUT2D eigenvalue weighted by Crippen LogP contribution is -2.21. The van der Waals surface area contributed by atoms with Crippen LogP contribution in [-0.2, 0) is 4.79 Å². The number of hydrogen-bond donors (Lipinski definition) is 1. The molecular formula is C37H39BF2N4O2S. The third-order valence-corrected chi connectivity index (χ3v) is 10.0. The van der Waals surface area contributed by atoms with Crippen LogP contribution < -0.4 is 4.90 Å². The van der Waals surface area contributed by atoms with Crippen LogP contribution in [0.15, 0.2) is 74.1 Å². The van der Waals surface area contributed by atoms with Crippen LogP contribution in [0.2, 0.25) is 0 Å². The van der Waals surface area contributed by atoms with E-state index >= 15 is 0 Å². The molecule has 0 aliphatic carbocycles. The SMILES string of the molecule is CCCCC/C(=C1/N=C(C)C(c2ccc3c(c2)Sc2ccccc2N3CCC)=C1C)c1c(C)c(/C=C(\C#N)C(=O)O)c(C)n1B(F)F. The van der Waals surface area contributed by atoms with E-state index in [0.717, 1.165) is 64.0 Å². The molecular weight excluding hydrogens is 613 g/mol. The fourth-order valence-electron chi connectivity index (χ4n) is 6.76. The zero-order valence-corrected chi connectivity index (χ0v) is 28.6. The maximum absolute atomic E-state index is 14.8. The second-order valence-corrected chi connectivity index (χ2v) is 13.1. The number of allylic oxidation sites excluding steroid dienone is 3.